The van der Waals surface area contributed by atoms with Gasteiger partial charge in [-0.1, -0.05) is 70.9 Å². The zero-order valence-electron chi connectivity index (χ0n) is 15.1. The molecule has 2 radical (unpaired) electrons. The summed E-state index contributed by atoms with van der Waals surface area (Å²) in [5.74, 6) is 0. The molecule has 0 fully saturated rings. The lowest BCUT2D eigenvalue weighted by Gasteiger charge is -2.26. The van der Waals surface area contributed by atoms with Gasteiger partial charge in [-0.25, -0.2) is 0 Å². The van der Waals surface area contributed by atoms with Gasteiger partial charge in [0, 0.05) is 0 Å². The molecule has 5 heteroatoms. The van der Waals surface area contributed by atoms with Crippen LogP contribution in [0.4, 0.5) is 0 Å². The van der Waals surface area contributed by atoms with Gasteiger partial charge in [-0.15, -0.1) is 0 Å². The van der Waals surface area contributed by atoms with E-state index in [0.717, 1.165) is 22.7 Å². The summed E-state index contributed by atoms with van der Waals surface area (Å²) >= 11 is 0. The third-order valence-corrected chi connectivity index (χ3v) is 6.99. The minimum Gasteiger partial charge on any atom is -0.282 e. The van der Waals surface area contributed by atoms with Crippen LogP contribution in [0, 0.1) is 13.8 Å². The maximum Gasteiger partial charge on any atom is 0.294 e. The normalized spacial score (nSPS) is 12.6. The fourth-order valence-electron chi connectivity index (χ4n) is 2.86. The molecule has 0 heterocycles. The van der Waals surface area contributed by atoms with E-state index in [9.17, 15) is 13.0 Å². The van der Waals surface area contributed by atoms with E-state index in [0.29, 0.717) is 9.52 Å². The molecule has 0 unspecified atom stereocenters. The van der Waals surface area contributed by atoms with Crippen molar-refractivity contribution in [3.8, 4) is 0 Å². The van der Waals surface area contributed by atoms with Crippen molar-refractivity contribution in [3.05, 3.63) is 23.3 Å². The highest BCUT2D eigenvalue weighted by Gasteiger charge is 2.26. The largest absolute Gasteiger partial charge is 0.294 e. The van der Waals surface area contributed by atoms with E-state index in [1.807, 2.05) is 19.9 Å². The van der Waals surface area contributed by atoms with Crippen LogP contribution in [-0.4, -0.2) is 22.5 Å². The standard InChI is InChI=1S/C18H30O3SSi/c1-6-7-8-9-10-11-18(4,5)23-17-15(3)12-14(2)13-16(17)22(19,20)21/h12-13H,6-11H2,1-5H3,(H,19,20,21). The Bertz CT molecular complexity index is 621. The van der Waals surface area contributed by atoms with E-state index in [-0.39, 0.29) is 9.93 Å². The van der Waals surface area contributed by atoms with E-state index < -0.39 is 10.1 Å². The minimum atomic E-state index is -4.18. The van der Waals surface area contributed by atoms with Crippen LogP contribution >= 0.6 is 0 Å². The first-order chi connectivity index (χ1) is 10.6. The lowest BCUT2D eigenvalue weighted by atomic mass is 10.0. The Kier molecular flexibility index (Phi) is 7.49. The van der Waals surface area contributed by atoms with Crippen molar-refractivity contribution in [3.63, 3.8) is 0 Å². The molecule has 130 valence electrons. The smallest absolute Gasteiger partial charge is 0.282 e. The summed E-state index contributed by atoms with van der Waals surface area (Å²) in [7, 11) is -3.80. The molecule has 0 bridgehead atoms. The van der Waals surface area contributed by atoms with Crippen LogP contribution in [0.25, 0.3) is 0 Å². The summed E-state index contributed by atoms with van der Waals surface area (Å²) in [6.07, 6.45) is 7.28. The predicted molar refractivity (Wildman–Crippen MR) is 98.5 cm³/mol. The number of aryl methyl sites for hydroxylation is 2. The zero-order chi connectivity index (χ0) is 17.7. The van der Waals surface area contributed by atoms with Crippen molar-refractivity contribution in [1.29, 1.82) is 0 Å². The molecular formula is C18H30O3SSi. The number of unbranched alkanes of at least 4 members (excludes halogenated alkanes) is 4. The predicted octanol–water partition coefficient (Wildman–Crippen LogP) is 4.44. The number of benzene rings is 1. The quantitative estimate of drug-likeness (QED) is 0.405. The fraction of sp³-hybridized carbons (Fsp3) is 0.667. The highest BCUT2D eigenvalue weighted by Crippen LogP contribution is 2.31. The second-order valence-electron chi connectivity index (χ2n) is 7.10. The summed E-state index contributed by atoms with van der Waals surface area (Å²) in [6, 6.07) is 3.58. The van der Waals surface area contributed by atoms with Gasteiger partial charge in [-0.2, -0.15) is 8.42 Å². The fourth-order valence-corrected chi connectivity index (χ4v) is 5.60. The molecule has 0 aliphatic rings. The molecule has 0 saturated carbocycles. The highest BCUT2D eigenvalue weighted by molar-refractivity contribution is 7.86. The Morgan fingerprint density at radius 3 is 2.26 bits per heavy atom. The molecule has 0 spiro atoms. The van der Waals surface area contributed by atoms with Crippen LogP contribution < -0.4 is 5.19 Å². The Labute approximate surface area is 144 Å². The molecule has 3 nitrogen and oxygen atoms in total. The summed E-state index contributed by atoms with van der Waals surface area (Å²) in [5.41, 5.74) is 1.82. The average Bonchev–Trinajstić information content (AvgIpc) is 2.40. The van der Waals surface area contributed by atoms with Crippen molar-refractivity contribution in [2.24, 2.45) is 0 Å². The molecule has 0 aliphatic carbocycles. The lowest BCUT2D eigenvalue weighted by Crippen LogP contribution is -2.32. The number of hydrogen-bond donors (Lipinski definition) is 1. The first-order valence-corrected chi connectivity index (χ1v) is 10.9. The molecule has 0 atom stereocenters. The van der Waals surface area contributed by atoms with Crippen molar-refractivity contribution < 1.29 is 13.0 Å². The molecule has 0 aromatic heterocycles. The summed E-state index contributed by atoms with van der Waals surface area (Å²) in [5, 5.41) is 0.836. The van der Waals surface area contributed by atoms with Crippen LogP contribution in [0.15, 0.2) is 17.0 Å². The van der Waals surface area contributed by atoms with Crippen LogP contribution in [-0.2, 0) is 10.1 Å². The number of hydrogen-bond acceptors (Lipinski definition) is 2. The van der Waals surface area contributed by atoms with E-state index in [4.69, 9.17) is 0 Å². The van der Waals surface area contributed by atoms with Crippen molar-refractivity contribution in [1.82, 2.24) is 0 Å². The highest BCUT2D eigenvalue weighted by atomic mass is 32.2. The van der Waals surface area contributed by atoms with Gasteiger partial charge in [0.1, 0.15) is 0 Å². The average molecular weight is 355 g/mol. The van der Waals surface area contributed by atoms with Crippen LogP contribution in [0.3, 0.4) is 0 Å². The van der Waals surface area contributed by atoms with Crippen molar-refractivity contribution in [2.75, 3.05) is 0 Å². The van der Waals surface area contributed by atoms with Gasteiger partial charge in [0.15, 0.2) is 0 Å². The summed E-state index contributed by atoms with van der Waals surface area (Å²) < 4.78 is 33.0. The first kappa shape index (κ1) is 20.4. The third-order valence-electron chi connectivity index (χ3n) is 4.09. The van der Waals surface area contributed by atoms with Gasteiger partial charge in [-0.05, 0) is 35.7 Å². The molecule has 1 aromatic rings. The summed E-state index contributed by atoms with van der Waals surface area (Å²) in [6.45, 7) is 10.4. The second-order valence-corrected chi connectivity index (χ2v) is 10.6. The Hall–Kier alpha value is -0.653. The van der Waals surface area contributed by atoms with Crippen LogP contribution in [0.5, 0.6) is 0 Å². The molecule has 0 saturated heterocycles. The minimum absolute atomic E-state index is 0.0473. The topological polar surface area (TPSA) is 54.4 Å². The van der Waals surface area contributed by atoms with Crippen LogP contribution in [0.2, 0.25) is 5.04 Å². The first-order valence-electron chi connectivity index (χ1n) is 8.44. The maximum absolute atomic E-state index is 11.7. The molecule has 1 rings (SSSR count). The molecule has 23 heavy (non-hydrogen) atoms. The monoisotopic (exact) mass is 354 g/mol. The molecule has 0 amide bonds. The van der Waals surface area contributed by atoms with Crippen LogP contribution in [0.1, 0.15) is 70.4 Å². The van der Waals surface area contributed by atoms with Crippen molar-refractivity contribution in [2.45, 2.75) is 83.1 Å². The molecule has 0 aliphatic heterocycles. The maximum atomic E-state index is 11.7. The Morgan fingerprint density at radius 2 is 1.70 bits per heavy atom. The van der Waals surface area contributed by atoms with E-state index in [1.165, 1.54) is 32.1 Å². The van der Waals surface area contributed by atoms with E-state index >= 15 is 0 Å². The Morgan fingerprint density at radius 1 is 1.09 bits per heavy atom. The zero-order valence-corrected chi connectivity index (χ0v) is 16.9. The molecule has 1 aromatic carbocycles. The van der Waals surface area contributed by atoms with Gasteiger partial charge in [0.05, 0.1) is 14.4 Å². The van der Waals surface area contributed by atoms with E-state index in [2.05, 4.69) is 20.8 Å². The summed E-state index contributed by atoms with van der Waals surface area (Å²) in [4.78, 5) is 0.0902. The van der Waals surface area contributed by atoms with Gasteiger partial charge in [0.2, 0.25) is 0 Å². The molecular weight excluding hydrogens is 324 g/mol. The Balaban J connectivity index is 2.90. The van der Waals surface area contributed by atoms with Gasteiger partial charge < -0.3 is 0 Å². The molecule has 1 N–H and O–H groups in total. The van der Waals surface area contributed by atoms with Crippen molar-refractivity contribution >= 4 is 24.8 Å². The SMILES string of the molecule is CCCCCCCC(C)(C)[Si]c1c(C)cc(C)cc1S(=O)(=O)O. The van der Waals surface area contributed by atoms with Gasteiger partial charge >= 0.3 is 0 Å². The van der Waals surface area contributed by atoms with Gasteiger partial charge in [0.25, 0.3) is 10.1 Å². The second kappa shape index (κ2) is 8.45. The van der Waals surface area contributed by atoms with E-state index in [1.54, 1.807) is 6.07 Å². The van der Waals surface area contributed by atoms with Gasteiger partial charge in [-0.3, -0.25) is 4.55 Å². The third kappa shape index (κ3) is 6.77. The lowest BCUT2D eigenvalue weighted by molar-refractivity contribution is 0.483. The number of rotatable bonds is 9.